The zero-order valence-electron chi connectivity index (χ0n) is 21.2. The highest BCUT2D eigenvalue weighted by atomic mass is 32.2. The van der Waals surface area contributed by atoms with Crippen molar-refractivity contribution in [2.24, 2.45) is 12.5 Å². The van der Waals surface area contributed by atoms with E-state index in [2.05, 4.69) is 15.2 Å². The molecule has 40 heavy (non-hydrogen) atoms. The summed E-state index contributed by atoms with van der Waals surface area (Å²) in [4.78, 5) is 18.4. The molecular formula is C27H23F3N6O3S. The van der Waals surface area contributed by atoms with Crippen LogP contribution in [-0.2, 0) is 29.7 Å². The fourth-order valence-corrected chi connectivity index (χ4v) is 6.88. The molecular weight excluding hydrogens is 545 g/mol. The number of piperidine rings is 1. The van der Waals surface area contributed by atoms with Crippen LogP contribution in [0.1, 0.15) is 33.7 Å². The number of carbonyl (C=O) groups excluding carboxylic acids is 1. The second kappa shape index (κ2) is 9.24. The van der Waals surface area contributed by atoms with E-state index in [1.54, 1.807) is 37.6 Å². The largest absolute Gasteiger partial charge is 0.416 e. The Balaban J connectivity index is 1.42. The van der Waals surface area contributed by atoms with Gasteiger partial charge >= 0.3 is 6.18 Å². The standard InChI is InChI=1S/C27H23F3N6O3S/c1-34-12-10-24(33-34)40(38,39)35-13-9-20-14-23-18(15-26(20,17-35)25(37)22-4-2-3-11-31-22)16-32-36(23)21-7-5-19(6-8-21)27(28,29)30/h2-8,10-12,14,16H,9,13,15,17H2,1H3/t26-/m0/s1. The van der Waals surface area contributed by atoms with Gasteiger partial charge in [-0.25, -0.2) is 13.1 Å². The number of hydrogen-bond donors (Lipinski definition) is 0. The normalized spacial score (nSPS) is 19.6. The number of aryl methyl sites for hydroxylation is 1. The minimum Gasteiger partial charge on any atom is -0.291 e. The summed E-state index contributed by atoms with van der Waals surface area (Å²) < 4.78 is 70.5. The molecule has 9 nitrogen and oxygen atoms in total. The monoisotopic (exact) mass is 568 g/mol. The van der Waals surface area contributed by atoms with Crippen molar-refractivity contribution in [3.63, 3.8) is 0 Å². The zero-order chi connectivity index (χ0) is 28.3. The molecule has 1 aromatic carbocycles. The Morgan fingerprint density at radius 2 is 1.85 bits per heavy atom. The van der Waals surface area contributed by atoms with Crippen molar-refractivity contribution in [3.8, 4) is 5.69 Å². The fourth-order valence-electron chi connectivity index (χ4n) is 5.42. The molecule has 3 aromatic heterocycles. The molecule has 0 spiro atoms. The van der Waals surface area contributed by atoms with Crippen molar-refractivity contribution < 1.29 is 26.4 Å². The molecule has 1 aliphatic heterocycles. The van der Waals surface area contributed by atoms with Crippen molar-refractivity contribution in [1.82, 2.24) is 28.9 Å². The number of halogens is 3. The molecule has 4 aromatic rings. The molecule has 0 bridgehead atoms. The molecule has 6 rings (SSSR count). The molecule has 13 heteroatoms. The SMILES string of the molecule is Cn1ccc(S(=O)(=O)N2CCC3=Cc4c(cnn4-c4ccc(C(F)(F)F)cc4)C[C@]3(C(=O)c3ccccn3)C2)n1. The number of fused-ring (bicyclic) bond motifs is 2. The fraction of sp³-hybridized carbons (Fsp3) is 0.259. The average molecular weight is 569 g/mol. The first-order valence-corrected chi connectivity index (χ1v) is 13.8. The second-order valence-electron chi connectivity index (χ2n) is 9.90. The van der Waals surface area contributed by atoms with E-state index in [-0.39, 0.29) is 42.4 Å². The molecule has 0 N–H and O–H groups in total. The van der Waals surface area contributed by atoms with Gasteiger partial charge in [-0.05, 0) is 66.9 Å². The number of Topliss-reactive ketones (excluding diaryl/α,β-unsaturated/α-hetero) is 1. The Labute approximate surface area is 227 Å². The van der Waals surface area contributed by atoms with Gasteiger partial charge in [0.1, 0.15) is 5.69 Å². The van der Waals surface area contributed by atoms with Crippen LogP contribution in [0.3, 0.4) is 0 Å². The van der Waals surface area contributed by atoms with Gasteiger partial charge in [0.25, 0.3) is 10.0 Å². The first-order chi connectivity index (χ1) is 19.0. The summed E-state index contributed by atoms with van der Waals surface area (Å²) in [5.74, 6) is -0.312. The molecule has 1 saturated heterocycles. The maximum absolute atomic E-state index is 14.1. The van der Waals surface area contributed by atoms with E-state index >= 15 is 0 Å². The lowest BCUT2D eigenvalue weighted by Gasteiger charge is -2.44. The predicted molar refractivity (Wildman–Crippen MR) is 138 cm³/mol. The molecule has 0 amide bonds. The van der Waals surface area contributed by atoms with Crippen LogP contribution in [0.25, 0.3) is 11.8 Å². The quantitative estimate of drug-likeness (QED) is 0.338. The van der Waals surface area contributed by atoms with E-state index in [0.29, 0.717) is 16.9 Å². The van der Waals surface area contributed by atoms with Gasteiger partial charge in [0.15, 0.2) is 10.8 Å². The summed E-state index contributed by atoms with van der Waals surface area (Å²) in [6.07, 6.45) is 2.39. The Kier molecular flexibility index (Phi) is 6.04. The highest BCUT2D eigenvalue weighted by molar-refractivity contribution is 7.89. The molecule has 0 saturated carbocycles. The Morgan fingerprint density at radius 3 is 2.50 bits per heavy atom. The van der Waals surface area contributed by atoms with Gasteiger partial charge in [0, 0.05) is 32.5 Å². The molecule has 4 heterocycles. The third kappa shape index (κ3) is 4.25. The van der Waals surface area contributed by atoms with Crippen LogP contribution in [0.15, 0.2) is 77.7 Å². The third-order valence-corrected chi connectivity index (χ3v) is 9.18. The van der Waals surface area contributed by atoms with Crippen LogP contribution in [0.5, 0.6) is 0 Å². The topological polar surface area (TPSA) is 103 Å². The van der Waals surface area contributed by atoms with Crippen LogP contribution in [0.2, 0.25) is 0 Å². The van der Waals surface area contributed by atoms with E-state index in [1.165, 1.54) is 38.1 Å². The van der Waals surface area contributed by atoms with E-state index < -0.39 is 27.2 Å². The molecule has 0 radical (unpaired) electrons. The minimum atomic E-state index is -4.46. The molecule has 1 atom stereocenters. The summed E-state index contributed by atoms with van der Waals surface area (Å²) in [6, 6.07) is 11.1. The lowest BCUT2D eigenvalue weighted by atomic mass is 9.65. The van der Waals surface area contributed by atoms with Gasteiger partial charge in [-0.2, -0.15) is 27.7 Å². The number of carbonyl (C=O) groups is 1. The smallest absolute Gasteiger partial charge is 0.291 e. The molecule has 1 aliphatic carbocycles. The van der Waals surface area contributed by atoms with Crippen LogP contribution in [0, 0.1) is 5.41 Å². The molecule has 206 valence electrons. The Morgan fingerprint density at radius 1 is 1.07 bits per heavy atom. The Bertz CT molecular complexity index is 1740. The van der Waals surface area contributed by atoms with Crippen LogP contribution in [0.4, 0.5) is 13.2 Å². The van der Waals surface area contributed by atoms with Gasteiger partial charge in [0.05, 0.1) is 28.6 Å². The number of aromatic nitrogens is 5. The lowest BCUT2D eigenvalue weighted by molar-refractivity contribution is -0.137. The molecule has 2 aliphatic rings. The van der Waals surface area contributed by atoms with Crippen molar-refractivity contribution in [3.05, 3.63) is 95.2 Å². The number of rotatable bonds is 5. The number of nitrogens with zero attached hydrogens (tertiary/aromatic N) is 6. The molecule has 0 unspecified atom stereocenters. The third-order valence-electron chi connectivity index (χ3n) is 7.45. The first-order valence-electron chi connectivity index (χ1n) is 12.4. The average Bonchev–Trinajstić information content (AvgIpc) is 3.57. The van der Waals surface area contributed by atoms with Gasteiger partial charge in [-0.1, -0.05) is 11.6 Å². The lowest BCUT2D eigenvalue weighted by Crippen LogP contribution is -2.53. The van der Waals surface area contributed by atoms with Crippen molar-refractivity contribution >= 4 is 21.9 Å². The highest BCUT2D eigenvalue weighted by Crippen LogP contribution is 2.47. The maximum Gasteiger partial charge on any atom is 0.416 e. The van der Waals surface area contributed by atoms with E-state index in [1.807, 2.05) is 6.08 Å². The van der Waals surface area contributed by atoms with Crippen LogP contribution in [-0.4, -0.2) is 56.1 Å². The van der Waals surface area contributed by atoms with Gasteiger partial charge < -0.3 is 0 Å². The minimum absolute atomic E-state index is 0.102. The highest BCUT2D eigenvalue weighted by Gasteiger charge is 2.51. The molecule has 1 fully saturated rings. The summed E-state index contributed by atoms with van der Waals surface area (Å²) in [7, 11) is -2.36. The van der Waals surface area contributed by atoms with Gasteiger partial charge in [-0.15, -0.1) is 0 Å². The van der Waals surface area contributed by atoms with Crippen LogP contribution < -0.4 is 0 Å². The van der Waals surface area contributed by atoms with Crippen molar-refractivity contribution in [2.75, 3.05) is 13.1 Å². The van der Waals surface area contributed by atoms with Crippen LogP contribution >= 0.6 is 0 Å². The summed E-state index contributed by atoms with van der Waals surface area (Å²) >= 11 is 0. The van der Waals surface area contributed by atoms with Crippen molar-refractivity contribution in [1.29, 1.82) is 0 Å². The summed E-state index contributed by atoms with van der Waals surface area (Å²) in [5, 5.41) is 8.39. The van der Waals surface area contributed by atoms with Gasteiger partial charge in [-0.3, -0.25) is 14.5 Å². The van der Waals surface area contributed by atoms with E-state index in [0.717, 1.165) is 17.7 Å². The predicted octanol–water partition coefficient (Wildman–Crippen LogP) is 3.92. The number of sulfonamides is 1. The number of alkyl halides is 3. The second-order valence-corrected chi connectivity index (χ2v) is 11.8. The van der Waals surface area contributed by atoms with E-state index in [4.69, 9.17) is 0 Å². The van der Waals surface area contributed by atoms with Crippen molar-refractivity contribution in [2.45, 2.75) is 24.0 Å². The zero-order valence-corrected chi connectivity index (χ0v) is 22.0. The van der Waals surface area contributed by atoms with E-state index in [9.17, 15) is 26.4 Å². The number of pyridine rings is 1. The maximum atomic E-state index is 14.1. The number of benzene rings is 1. The first kappa shape index (κ1) is 26.1. The summed E-state index contributed by atoms with van der Waals surface area (Å²) in [6.45, 7) is 0.0176. The summed E-state index contributed by atoms with van der Waals surface area (Å²) in [5.41, 5.74) is 0.670. The Hall–Kier alpha value is -4.10. The number of ketones is 1. The van der Waals surface area contributed by atoms with Gasteiger partial charge in [0.2, 0.25) is 0 Å². The number of hydrogen-bond acceptors (Lipinski definition) is 6.